The van der Waals surface area contributed by atoms with Crippen molar-refractivity contribution in [1.29, 1.82) is 0 Å². The number of benzene rings is 9. The van der Waals surface area contributed by atoms with E-state index in [1.807, 2.05) is 12.1 Å². The summed E-state index contributed by atoms with van der Waals surface area (Å²) in [5.74, 6) is 0. The van der Waals surface area contributed by atoms with Crippen LogP contribution in [0.25, 0.3) is 66.1 Å². The Morgan fingerprint density at radius 2 is 1.03 bits per heavy atom. The predicted molar refractivity (Wildman–Crippen MR) is 258 cm³/mol. The van der Waals surface area contributed by atoms with Crippen LogP contribution in [0.4, 0.5) is 34.1 Å². The molecule has 2 aromatic heterocycles. The maximum absolute atomic E-state index is 7.07. The van der Waals surface area contributed by atoms with Gasteiger partial charge in [-0.3, -0.25) is 0 Å². The third kappa shape index (κ3) is 4.47. The summed E-state index contributed by atoms with van der Waals surface area (Å²) >= 11 is 0. The minimum atomic E-state index is -0.115. The Kier molecular flexibility index (Phi) is 6.68. The zero-order chi connectivity index (χ0) is 40.8. The molecule has 4 nitrogen and oxygen atoms in total. The minimum absolute atomic E-state index is 0.0428. The molecule has 2 aliphatic heterocycles. The van der Waals surface area contributed by atoms with Crippen molar-refractivity contribution >= 4 is 101 Å². The normalized spacial score (nSPS) is 14.3. The fourth-order valence-corrected chi connectivity index (χ4v) is 11.3. The van der Waals surface area contributed by atoms with Gasteiger partial charge in [0.2, 0.25) is 0 Å². The first-order valence-electron chi connectivity index (χ1n) is 21.5. The lowest BCUT2D eigenvalue weighted by atomic mass is 9.33. The van der Waals surface area contributed by atoms with E-state index in [1.54, 1.807) is 0 Å². The van der Waals surface area contributed by atoms with E-state index in [0.29, 0.717) is 0 Å². The molecule has 1 aliphatic carbocycles. The van der Waals surface area contributed by atoms with E-state index in [0.717, 1.165) is 72.1 Å². The number of nitrogens with zero attached hydrogens (tertiary/aromatic N) is 2. The minimum Gasteiger partial charge on any atom is -0.456 e. The van der Waals surface area contributed by atoms with Crippen LogP contribution < -0.4 is 26.2 Å². The van der Waals surface area contributed by atoms with Crippen molar-refractivity contribution in [2.75, 3.05) is 9.80 Å². The van der Waals surface area contributed by atoms with Gasteiger partial charge in [-0.05, 0) is 123 Å². The molecule has 5 heteroatoms. The van der Waals surface area contributed by atoms with Gasteiger partial charge in [-0.2, -0.15) is 0 Å². The van der Waals surface area contributed by atoms with E-state index in [1.165, 1.54) is 55.7 Å². The van der Waals surface area contributed by atoms with Gasteiger partial charge in [0.25, 0.3) is 6.71 Å². The SMILES string of the molecule is CC1(C)c2ccccc2-c2cc3c(cc21)oc1c(N2c4ccccc4B4c5ccccc5N(c5cccc(-c6ccc7oc8ccccc8c7c6)c5)c5cccc2c54)cccc13. The molecule has 0 spiro atoms. The molecule has 0 amide bonds. The molecule has 62 heavy (non-hydrogen) atoms. The van der Waals surface area contributed by atoms with Crippen LogP contribution in [0, 0.1) is 0 Å². The first-order valence-corrected chi connectivity index (χ1v) is 21.5. The van der Waals surface area contributed by atoms with E-state index in [-0.39, 0.29) is 12.1 Å². The molecule has 0 atom stereocenters. The average Bonchev–Trinajstić information content (AvgIpc) is 3.95. The van der Waals surface area contributed by atoms with Crippen LogP contribution in [0.1, 0.15) is 25.0 Å². The lowest BCUT2D eigenvalue weighted by molar-refractivity contribution is 0.647. The molecule has 0 fully saturated rings. The quantitative estimate of drug-likeness (QED) is 0.167. The number of fused-ring (bicyclic) bond motifs is 13. The zero-order valence-corrected chi connectivity index (χ0v) is 34.2. The Morgan fingerprint density at radius 1 is 0.403 bits per heavy atom. The van der Waals surface area contributed by atoms with Crippen LogP contribution in [0.15, 0.2) is 197 Å². The molecule has 9 aromatic carbocycles. The number of para-hydroxylation sites is 4. The maximum atomic E-state index is 7.07. The van der Waals surface area contributed by atoms with Gasteiger partial charge in [0.15, 0.2) is 5.58 Å². The lowest BCUT2D eigenvalue weighted by Gasteiger charge is -2.44. The summed E-state index contributed by atoms with van der Waals surface area (Å²) in [5.41, 5.74) is 21.8. The van der Waals surface area contributed by atoms with Crippen LogP contribution in [0.3, 0.4) is 0 Å². The van der Waals surface area contributed by atoms with Crippen molar-refractivity contribution in [1.82, 2.24) is 0 Å². The van der Waals surface area contributed by atoms with Crippen molar-refractivity contribution < 1.29 is 8.83 Å². The molecule has 0 unspecified atom stereocenters. The summed E-state index contributed by atoms with van der Waals surface area (Å²) in [7, 11) is 0. The van der Waals surface area contributed by atoms with Gasteiger partial charge < -0.3 is 18.6 Å². The van der Waals surface area contributed by atoms with Gasteiger partial charge in [0, 0.05) is 55.4 Å². The highest BCUT2D eigenvalue weighted by Gasteiger charge is 2.43. The van der Waals surface area contributed by atoms with Crippen LogP contribution in [0.5, 0.6) is 0 Å². The Balaban J connectivity index is 0.963. The zero-order valence-electron chi connectivity index (χ0n) is 34.2. The number of furan rings is 2. The van der Waals surface area contributed by atoms with Gasteiger partial charge in [0.05, 0.1) is 5.69 Å². The van der Waals surface area contributed by atoms with Gasteiger partial charge >= 0.3 is 0 Å². The summed E-state index contributed by atoms with van der Waals surface area (Å²) in [4.78, 5) is 4.92. The van der Waals surface area contributed by atoms with Gasteiger partial charge in [-0.15, -0.1) is 0 Å². The van der Waals surface area contributed by atoms with Crippen LogP contribution in [0.2, 0.25) is 0 Å². The first-order chi connectivity index (χ1) is 30.5. The van der Waals surface area contributed by atoms with E-state index < -0.39 is 0 Å². The second-order valence-corrected chi connectivity index (χ2v) is 17.6. The maximum Gasteiger partial charge on any atom is 0.252 e. The third-order valence-electron chi connectivity index (χ3n) is 14.0. The molecular formula is C57H37BN2O2. The monoisotopic (exact) mass is 792 g/mol. The van der Waals surface area contributed by atoms with Gasteiger partial charge in [0.1, 0.15) is 16.7 Å². The highest BCUT2D eigenvalue weighted by molar-refractivity contribution is 7.00. The molecule has 0 radical (unpaired) electrons. The van der Waals surface area contributed by atoms with Crippen LogP contribution in [-0.2, 0) is 5.41 Å². The fraction of sp³-hybridized carbons (Fsp3) is 0.0526. The molecule has 11 aromatic rings. The van der Waals surface area contributed by atoms with Crippen molar-refractivity contribution in [2.24, 2.45) is 0 Å². The topological polar surface area (TPSA) is 32.8 Å². The number of hydrogen-bond donors (Lipinski definition) is 0. The van der Waals surface area contributed by atoms with Crippen LogP contribution in [-0.4, -0.2) is 6.71 Å². The van der Waals surface area contributed by atoms with Crippen LogP contribution >= 0.6 is 0 Å². The smallest absolute Gasteiger partial charge is 0.252 e. The molecule has 3 aliphatic rings. The van der Waals surface area contributed by atoms with E-state index in [9.17, 15) is 0 Å². The third-order valence-corrected chi connectivity index (χ3v) is 14.0. The largest absolute Gasteiger partial charge is 0.456 e. The molecular weight excluding hydrogens is 755 g/mol. The molecule has 290 valence electrons. The first kappa shape index (κ1) is 34.0. The molecule has 0 N–H and O–H groups in total. The summed E-state index contributed by atoms with van der Waals surface area (Å²) in [6, 6.07) is 68.7. The van der Waals surface area contributed by atoms with Gasteiger partial charge in [-0.1, -0.05) is 129 Å². The van der Waals surface area contributed by atoms with Crippen molar-refractivity contribution in [3.63, 3.8) is 0 Å². The predicted octanol–water partition coefficient (Wildman–Crippen LogP) is 13.5. The van der Waals surface area contributed by atoms with E-state index >= 15 is 0 Å². The fourth-order valence-electron chi connectivity index (χ4n) is 11.3. The number of hydrogen-bond acceptors (Lipinski definition) is 4. The summed E-state index contributed by atoms with van der Waals surface area (Å²) in [6.07, 6.45) is 0. The van der Waals surface area contributed by atoms with Crippen molar-refractivity contribution in [3.8, 4) is 22.3 Å². The average molecular weight is 793 g/mol. The lowest BCUT2D eigenvalue weighted by Crippen LogP contribution is -2.61. The number of rotatable bonds is 3. The van der Waals surface area contributed by atoms with E-state index in [4.69, 9.17) is 8.83 Å². The summed E-state index contributed by atoms with van der Waals surface area (Å²) in [6.45, 7) is 4.70. The molecule has 0 saturated carbocycles. The second-order valence-electron chi connectivity index (χ2n) is 17.6. The molecule has 4 heterocycles. The van der Waals surface area contributed by atoms with Gasteiger partial charge in [-0.25, -0.2) is 0 Å². The standard InChI is InChI=1S/C57H37BN2O2/c1-57(2)43-19-5-3-16-37(43)40-32-42-39-18-12-26-51(56(39)62-54(42)33-44(40)57)60-48-23-9-7-21-46(48)58-45-20-6-8-22-47(45)59(49-24-13-25-50(60)55(49)58)36-15-11-14-34(30-36)35-28-29-53-41(31-35)38-17-4-10-27-52(38)61-53/h3-33H,1-2H3. The molecule has 0 bridgehead atoms. The highest BCUT2D eigenvalue weighted by Crippen LogP contribution is 2.52. The van der Waals surface area contributed by atoms with E-state index in [2.05, 4.69) is 200 Å². The second kappa shape index (κ2) is 12.2. The molecule has 0 saturated heterocycles. The molecule has 14 rings (SSSR count). The highest BCUT2D eigenvalue weighted by atomic mass is 16.3. The Bertz CT molecular complexity index is 3720. The Hall–Kier alpha value is -7.76. The van der Waals surface area contributed by atoms with Crippen molar-refractivity contribution in [3.05, 3.63) is 199 Å². The summed E-state index contributed by atoms with van der Waals surface area (Å²) < 4.78 is 13.3. The Morgan fingerprint density at radius 3 is 1.90 bits per heavy atom. The number of anilines is 6. The summed E-state index contributed by atoms with van der Waals surface area (Å²) in [5, 5.41) is 4.53. The Labute approximate surface area is 359 Å². The van der Waals surface area contributed by atoms with Crippen molar-refractivity contribution in [2.45, 2.75) is 19.3 Å².